The van der Waals surface area contributed by atoms with E-state index in [4.69, 9.17) is 16.6 Å². The number of nitrogens with zero attached hydrogens (tertiary/aromatic N) is 4. The molecule has 2 aromatic carbocycles. The normalized spacial score (nSPS) is 19.1. The van der Waals surface area contributed by atoms with Gasteiger partial charge in [-0.25, -0.2) is 4.99 Å². The van der Waals surface area contributed by atoms with Gasteiger partial charge in [0.25, 0.3) is 0 Å². The van der Waals surface area contributed by atoms with Gasteiger partial charge in [0.05, 0.1) is 17.1 Å². The lowest BCUT2D eigenvalue weighted by Crippen LogP contribution is -2.47. The summed E-state index contributed by atoms with van der Waals surface area (Å²) in [7, 11) is 2.18. The highest BCUT2D eigenvalue weighted by Crippen LogP contribution is 2.46. The molecule has 5 heteroatoms. The van der Waals surface area contributed by atoms with Crippen LogP contribution in [-0.2, 0) is 6.42 Å². The maximum Gasteiger partial charge on any atom is 0.138 e. The van der Waals surface area contributed by atoms with Gasteiger partial charge in [-0.2, -0.15) is 0 Å². The molecule has 4 nitrogen and oxygen atoms in total. The summed E-state index contributed by atoms with van der Waals surface area (Å²) in [6.45, 7) is 7.24. The molecule has 3 aliphatic rings. The van der Waals surface area contributed by atoms with Gasteiger partial charge in [0, 0.05) is 43.3 Å². The first-order valence-electron chi connectivity index (χ1n) is 9.33. The molecule has 3 heterocycles. The number of piperazine rings is 1. The Bertz CT molecular complexity index is 912. The van der Waals surface area contributed by atoms with E-state index in [1.54, 1.807) is 0 Å². The Kier molecular flexibility index (Phi) is 3.73. The van der Waals surface area contributed by atoms with Crippen LogP contribution in [0.3, 0.4) is 0 Å². The van der Waals surface area contributed by atoms with E-state index in [1.165, 1.54) is 28.1 Å². The number of halogens is 1. The number of aliphatic imine (C=N–C) groups is 1. The second-order valence-electron chi connectivity index (χ2n) is 7.58. The monoisotopic (exact) mass is 366 g/mol. The summed E-state index contributed by atoms with van der Waals surface area (Å²) in [6.07, 6.45) is 1.03. The summed E-state index contributed by atoms with van der Waals surface area (Å²) in [6, 6.07) is 10.8. The van der Waals surface area contributed by atoms with E-state index in [9.17, 15) is 0 Å². The van der Waals surface area contributed by atoms with E-state index in [2.05, 4.69) is 59.0 Å². The Morgan fingerprint density at radius 2 is 1.81 bits per heavy atom. The van der Waals surface area contributed by atoms with Crippen molar-refractivity contribution < 1.29 is 0 Å². The SMILES string of the molecule is Cc1ccc2c(c1)N=C(N1CCN(C)CC1)c1cc(Cl)cc3c1N2CC3. The Labute approximate surface area is 159 Å². The Balaban J connectivity index is 1.73. The van der Waals surface area contributed by atoms with Gasteiger partial charge in [-0.3, -0.25) is 0 Å². The van der Waals surface area contributed by atoms with E-state index in [1.807, 2.05) is 0 Å². The van der Waals surface area contributed by atoms with Gasteiger partial charge in [-0.1, -0.05) is 17.7 Å². The summed E-state index contributed by atoms with van der Waals surface area (Å²) in [4.78, 5) is 12.4. The third kappa shape index (κ3) is 2.51. The second-order valence-corrected chi connectivity index (χ2v) is 8.02. The summed E-state index contributed by atoms with van der Waals surface area (Å²) in [5, 5.41) is 0.810. The zero-order valence-electron chi connectivity index (χ0n) is 15.3. The average molecular weight is 367 g/mol. The van der Waals surface area contributed by atoms with Crippen LogP contribution in [0, 0.1) is 6.92 Å². The number of likely N-dealkylation sites (N-methyl/N-ethyl adjacent to an activating group) is 1. The fourth-order valence-corrected chi connectivity index (χ4v) is 4.55. The third-order valence-corrected chi connectivity index (χ3v) is 5.94. The molecule has 0 aromatic heterocycles. The highest BCUT2D eigenvalue weighted by molar-refractivity contribution is 6.31. The average Bonchev–Trinajstić information content (AvgIpc) is 2.98. The smallest absolute Gasteiger partial charge is 0.138 e. The summed E-state index contributed by atoms with van der Waals surface area (Å²) < 4.78 is 0. The lowest BCUT2D eigenvalue weighted by Gasteiger charge is -2.35. The van der Waals surface area contributed by atoms with Gasteiger partial charge in [0.15, 0.2) is 0 Å². The Morgan fingerprint density at radius 3 is 2.62 bits per heavy atom. The number of hydrogen-bond acceptors (Lipinski definition) is 4. The van der Waals surface area contributed by atoms with Crippen LogP contribution in [0.4, 0.5) is 17.1 Å². The van der Waals surface area contributed by atoms with Crippen LogP contribution in [0.5, 0.6) is 0 Å². The van der Waals surface area contributed by atoms with Crippen LogP contribution >= 0.6 is 11.6 Å². The lowest BCUT2D eigenvalue weighted by atomic mass is 10.1. The molecule has 0 unspecified atom stereocenters. The molecule has 0 N–H and O–H groups in total. The molecular weight excluding hydrogens is 344 g/mol. The summed E-state index contributed by atoms with van der Waals surface area (Å²) >= 11 is 6.50. The van der Waals surface area contributed by atoms with Crippen molar-refractivity contribution in [2.75, 3.05) is 44.7 Å². The molecule has 26 heavy (non-hydrogen) atoms. The molecular formula is C21H23ClN4. The molecule has 0 spiro atoms. The van der Waals surface area contributed by atoms with Crippen LogP contribution in [0.2, 0.25) is 5.02 Å². The summed E-state index contributed by atoms with van der Waals surface area (Å²) in [5.74, 6) is 1.08. The highest BCUT2D eigenvalue weighted by atomic mass is 35.5. The van der Waals surface area contributed by atoms with Crippen LogP contribution < -0.4 is 4.90 Å². The van der Waals surface area contributed by atoms with E-state index in [-0.39, 0.29) is 0 Å². The number of anilines is 2. The molecule has 0 radical (unpaired) electrons. The Morgan fingerprint density at radius 1 is 1.00 bits per heavy atom. The molecule has 0 amide bonds. The number of fused-ring (bicyclic) bond motifs is 2. The van der Waals surface area contributed by atoms with Crippen LogP contribution in [0.15, 0.2) is 35.3 Å². The van der Waals surface area contributed by atoms with Crippen LogP contribution in [0.25, 0.3) is 0 Å². The van der Waals surface area contributed by atoms with Crippen LogP contribution in [0.1, 0.15) is 16.7 Å². The first kappa shape index (κ1) is 16.2. The van der Waals surface area contributed by atoms with Gasteiger partial charge < -0.3 is 14.7 Å². The molecule has 0 aliphatic carbocycles. The molecule has 0 bridgehead atoms. The third-order valence-electron chi connectivity index (χ3n) is 5.72. The van der Waals surface area contributed by atoms with Gasteiger partial charge in [0.2, 0.25) is 0 Å². The molecule has 0 atom stereocenters. The maximum atomic E-state index is 6.50. The van der Waals surface area contributed by atoms with Crippen LogP contribution in [-0.4, -0.2) is 55.4 Å². The zero-order chi connectivity index (χ0) is 17.8. The molecule has 3 aliphatic heterocycles. The molecule has 1 fully saturated rings. The topological polar surface area (TPSA) is 22.1 Å². The predicted octanol–water partition coefficient (Wildman–Crippen LogP) is 3.98. The second kappa shape index (κ2) is 6.00. The number of aryl methyl sites for hydroxylation is 1. The van der Waals surface area contributed by atoms with Crippen molar-refractivity contribution >= 4 is 34.5 Å². The van der Waals surface area contributed by atoms with Gasteiger partial charge >= 0.3 is 0 Å². The lowest BCUT2D eigenvalue weighted by molar-refractivity contribution is 0.216. The standard InChI is InChI=1S/C21H23ClN4/c1-14-3-4-19-18(11-14)23-21(25-9-7-24(2)8-10-25)17-13-16(22)12-15-5-6-26(19)20(15)17/h3-4,11-13H,5-10H2,1-2H3. The summed E-state index contributed by atoms with van der Waals surface area (Å²) in [5.41, 5.74) is 7.34. The van der Waals surface area contributed by atoms with E-state index in [0.29, 0.717) is 0 Å². The first-order valence-corrected chi connectivity index (χ1v) is 9.71. The maximum absolute atomic E-state index is 6.50. The van der Waals surface area contributed by atoms with Crippen molar-refractivity contribution in [2.45, 2.75) is 13.3 Å². The molecule has 0 saturated carbocycles. The number of rotatable bonds is 0. The van der Waals surface area contributed by atoms with Crippen molar-refractivity contribution in [3.63, 3.8) is 0 Å². The minimum Gasteiger partial charge on any atom is -0.353 e. The molecule has 2 aromatic rings. The van der Waals surface area contributed by atoms with Gasteiger partial charge in [-0.15, -0.1) is 0 Å². The minimum absolute atomic E-state index is 0.810. The fourth-order valence-electron chi connectivity index (χ4n) is 4.31. The van der Waals surface area contributed by atoms with Crippen molar-refractivity contribution in [2.24, 2.45) is 4.99 Å². The van der Waals surface area contributed by atoms with Crippen molar-refractivity contribution in [1.82, 2.24) is 9.80 Å². The fraction of sp³-hybridized carbons (Fsp3) is 0.381. The quantitative estimate of drug-likeness (QED) is 0.704. The van der Waals surface area contributed by atoms with Crippen molar-refractivity contribution in [3.8, 4) is 0 Å². The van der Waals surface area contributed by atoms with Gasteiger partial charge in [0.1, 0.15) is 5.84 Å². The Hall–Kier alpha value is -2.04. The minimum atomic E-state index is 0.810. The number of amidine groups is 1. The zero-order valence-corrected chi connectivity index (χ0v) is 16.1. The van der Waals surface area contributed by atoms with Crippen molar-refractivity contribution in [3.05, 3.63) is 52.0 Å². The largest absolute Gasteiger partial charge is 0.353 e. The van der Waals surface area contributed by atoms with Crippen molar-refractivity contribution in [1.29, 1.82) is 0 Å². The van der Waals surface area contributed by atoms with E-state index >= 15 is 0 Å². The highest BCUT2D eigenvalue weighted by Gasteiger charge is 2.32. The number of benzene rings is 2. The first-order chi connectivity index (χ1) is 12.6. The predicted molar refractivity (Wildman–Crippen MR) is 109 cm³/mol. The molecule has 134 valence electrons. The number of hydrogen-bond donors (Lipinski definition) is 0. The molecule has 1 saturated heterocycles. The van der Waals surface area contributed by atoms with Gasteiger partial charge in [-0.05, 0) is 55.8 Å². The van der Waals surface area contributed by atoms with E-state index < -0.39 is 0 Å². The van der Waals surface area contributed by atoms with E-state index in [0.717, 1.165) is 55.7 Å². The molecule has 5 rings (SSSR count).